The van der Waals surface area contributed by atoms with Crippen molar-refractivity contribution < 1.29 is 8.42 Å². The molecule has 0 saturated carbocycles. The van der Waals surface area contributed by atoms with Crippen LogP contribution in [0.25, 0.3) is 0 Å². The zero-order valence-corrected chi connectivity index (χ0v) is 9.71. The summed E-state index contributed by atoms with van der Waals surface area (Å²) in [5.74, 6) is 0. The molecule has 0 aliphatic heterocycles. The summed E-state index contributed by atoms with van der Waals surface area (Å²) < 4.78 is 26.0. The Hall–Kier alpha value is -1.13. The molecule has 0 fully saturated rings. The monoisotopic (exact) mass is 225 g/mol. The molecule has 1 atom stereocenters. The lowest BCUT2D eigenvalue weighted by Crippen LogP contribution is -2.30. The zero-order chi connectivity index (χ0) is 11.5. The molecule has 0 radical (unpaired) electrons. The van der Waals surface area contributed by atoms with Crippen LogP contribution in [0.15, 0.2) is 41.8 Å². The van der Waals surface area contributed by atoms with E-state index in [0.29, 0.717) is 0 Å². The average molecular weight is 225 g/mol. The molecule has 0 bridgehead atoms. The Morgan fingerprint density at radius 1 is 1.33 bits per heavy atom. The highest BCUT2D eigenvalue weighted by atomic mass is 32.2. The van der Waals surface area contributed by atoms with Crippen molar-refractivity contribution in [3.05, 3.63) is 42.5 Å². The van der Waals surface area contributed by atoms with Crippen LogP contribution in [0.3, 0.4) is 0 Å². The van der Waals surface area contributed by atoms with Crippen LogP contribution in [-0.2, 0) is 10.0 Å². The van der Waals surface area contributed by atoms with E-state index < -0.39 is 10.0 Å². The minimum absolute atomic E-state index is 0.267. The average Bonchev–Trinajstić information content (AvgIpc) is 2.17. The van der Waals surface area contributed by atoms with Gasteiger partial charge in [-0.1, -0.05) is 23.8 Å². The normalized spacial score (nSPS) is 13.5. The Morgan fingerprint density at radius 2 is 1.87 bits per heavy atom. The maximum Gasteiger partial charge on any atom is 0.241 e. The SMILES string of the molecule is C=CC(C)NS(=O)(=O)c1ccc(C)cc1. The summed E-state index contributed by atoms with van der Waals surface area (Å²) in [6.45, 7) is 7.17. The van der Waals surface area contributed by atoms with Crippen molar-refractivity contribution in [2.24, 2.45) is 0 Å². The van der Waals surface area contributed by atoms with Crippen LogP contribution in [0.2, 0.25) is 0 Å². The van der Waals surface area contributed by atoms with Gasteiger partial charge in [-0.2, -0.15) is 0 Å². The second-order valence-corrected chi connectivity index (χ2v) is 5.17. The fourth-order valence-corrected chi connectivity index (χ4v) is 2.29. The van der Waals surface area contributed by atoms with Crippen LogP contribution in [0.5, 0.6) is 0 Å². The maximum atomic E-state index is 11.8. The Morgan fingerprint density at radius 3 is 2.33 bits per heavy atom. The third-order valence-corrected chi connectivity index (χ3v) is 3.60. The summed E-state index contributed by atoms with van der Waals surface area (Å²) in [6.07, 6.45) is 1.55. The van der Waals surface area contributed by atoms with Crippen molar-refractivity contribution in [1.29, 1.82) is 0 Å². The van der Waals surface area contributed by atoms with Gasteiger partial charge in [-0.3, -0.25) is 0 Å². The van der Waals surface area contributed by atoms with Crippen LogP contribution in [0.4, 0.5) is 0 Å². The van der Waals surface area contributed by atoms with Crippen LogP contribution < -0.4 is 4.72 Å². The van der Waals surface area contributed by atoms with Gasteiger partial charge < -0.3 is 0 Å². The van der Waals surface area contributed by atoms with Gasteiger partial charge in [0.2, 0.25) is 10.0 Å². The minimum Gasteiger partial charge on any atom is -0.207 e. The van der Waals surface area contributed by atoms with Crippen LogP contribution in [0.1, 0.15) is 12.5 Å². The molecule has 1 unspecified atom stereocenters. The van der Waals surface area contributed by atoms with Gasteiger partial charge >= 0.3 is 0 Å². The summed E-state index contributed by atoms with van der Waals surface area (Å²) >= 11 is 0. The lowest BCUT2D eigenvalue weighted by Gasteiger charge is -2.10. The first kappa shape index (κ1) is 11.9. The maximum absolute atomic E-state index is 11.8. The molecule has 1 N–H and O–H groups in total. The molecular formula is C11H15NO2S. The number of aryl methyl sites for hydroxylation is 1. The highest BCUT2D eigenvalue weighted by molar-refractivity contribution is 7.89. The van der Waals surface area contributed by atoms with E-state index in [2.05, 4.69) is 11.3 Å². The number of benzene rings is 1. The number of hydrogen-bond acceptors (Lipinski definition) is 2. The van der Waals surface area contributed by atoms with Crippen molar-refractivity contribution in [2.45, 2.75) is 24.8 Å². The van der Waals surface area contributed by atoms with Crippen molar-refractivity contribution >= 4 is 10.0 Å². The zero-order valence-electron chi connectivity index (χ0n) is 8.90. The fourth-order valence-electron chi connectivity index (χ4n) is 1.08. The molecule has 15 heavy (non-hydrogen) atoms. The van der Waals surface area contributed by atoms with E-state index in [-0.39, 0.29) is 10.9 Å². The smallest absolute Gasteiger partial charge is 0.207 e. The molecule has 0 aliphatic carbocycles. The van der Waals surface area contributed by atoms with E-state index in [4.69, 9.17) is 0 Å². The van der Waals surface area contributed by atoms with Gasteiger partial charge in [0, 0.05) is 6.04 Å². The number of nitrogens with one attached hydrogen (secondary N) is 1. The first-order valence-corrected chi connectivity index (χ1v) is 6.15. The lowest BCUT2D eigenvalue weighted by molar-refractivity contribution is 0.576. The first-order chi connectivity index (χ1) is 6.95. The molecule has 4 heteroatoms. The van der Waals surface area contributed by atoms with E-state index in [1.807, 2.05) is 6.92 Å². The Balaban J connectivity index is 2.96. The summed E-state index contributed by atoms with van der Waals surface area (Å²) in [6, 6.07) is 6.46. The summed E-state index contributed by atoms with van der Waals surface area (Å²) in [5, 5.41) is 0. The molecule has 3 nitrogen and oxygen atoms in total. The standard InChI is InChI=1S/C11H15NO2S/c1-4-10(3)12-15(13,14)11-7-5-9(2)6-8-11/h4-8,10,12H,1H2,2-3H3. The van der Waals surface area contributed by atoms with Gasteiger partial charge in [0.1, 0.15) is 0 Å². The van der Waals surface area contributed by atoms with Gasteiger partial charge in [0.05, 0.1) is 4.90 Å². The first-order valence-electron chi connectivity index (χ1n) is 4.67. The highest BCUT2D eigenvalue weighted by Gasteiger charge is 2.14. The van der Waals surface area contributed by atoms with Crippen LogP contribution in [-0.4, -0.2) is 14.5 Å². The molecule has 82 valence electrons. The molecule has 0 saturated heterocycles. The summed E-state index contributed by atoms with van der Waals surface area (Å²) in [7, 11) is -3.41. The molecule has 1 rings (SSSR count). The second-order valence-electron chi connectivity index (χ2n) is 3.46. The fraction of sp³-hybridized carbons (Fsp3) is 0.273. The predicted octanol–water partition coefficient (Wildman–Crippen LogP) is 1.85. The quantitative estimate of drug-likeness (QED) is 0.795. The molecule has 0 aliphatic rings. The molecule has 1 aromatic rings. The number of sulfonamides is 1. The van der Waals surface area contributed by atoms with E-state index in [1.165, 1.54) is 0 Å². The minimum atomic E-state index is -3.41. The predicted molar refractivity (Wildman–Crippen MR) is 61.2 cm³/mol. The van der Waals surface area contributed by atoms with Crippen LogP contribution >= 0.6 is 0 Å². The molecular weight excluding hydrogens is 210 g/mol. The highest BCUT2D eigenvalue weighted by Crippen LogP contribution is 2.10. The summed E-state index contributed by atoms with van der Waals surface area (Å²) in [5.41, 5.74) is 1.03. The lowest BCUT2D eigenvalue weighted by atomic mass is 10.2. The third-order valence-electron chi connectivity index (χ3n) is 2.03. The molecule has 0 heterocycles. The van der Waals surface area contributed by atoms with E-state index in [0.717, 1.165) is 5.56 Å². The number of rotatable bonds is 4. The third kappa shape index (κ3) is 3.18. The Labute approximate surface area is 90.9 Å². The van der Waals surface area contributed by atoms with E-state index in [1.54, 1.807) is 37.3 Å². The van der Waals surface area contributed by atoms with E-state index in [9.17, 15) is 8.42 Å². The molecule has 0 aromatic heterocycles. The van der Waals surface area contributed by atoms with Gasteiger partial charge in [-0.05, 0) is 26.0 Å². The van der Waals surface area contributed by atoms with Gasteiger partial charge in [0.25, 0.3) is 0 Å². The Kier molecular flexibility index (Phi) is 3.66. The van der Waals surface area contributed by atoms with Gasteiger partial charge in [-0.25, -0.2) is 13.1 Å². The van der Waals surface area contributed by atoms with Crippen LogP contribution in [0, 0.1) is 6.92 Å². The molecule has 0 spiro atoms. The second kappa shape index (κ2) is 4.59. The van der Waals surface area contributed by atoms with E-state index >= 15 is 0 Å². The number of hydrogen-bond donors (Lipinski definition) is 1. The molecule has 0 amide bonds. The van der Waals surface area contributed by atoms with Crippen molar-refractivity contribution in [2.75, 3.05) is 0 Å². The molecule has 1 aromatic carbocycles. The van der Waals surface area contributed by atoms with Gasteiger partial charge in [-0.15, -0.1) is 6.58 Å². The van der Waals surface area contributed by atoms with Gasteiger partial charge in [0.15, 0.2) is 0 Å². The topological polar surface area (TPSA) is 46.2 Å². The van der Waals surface area contributed by atoms with Crippen molar-refractivity contribution in [3.8, 4) is 0 Å². The Bertz CT molecular complexity index is 434. The van der Waals surface area contributed by atoms with Crippen molar-refractivity contribution in [3.63, 3.8) is 0 Å². The van der Waals surface area contributed by atoms with Crippen molar-refractivity contribution in [1.82, 2.24) is 4.72 Å². The summed E-state index contributed by atoms with van der Waals surface area (Å²) in [4.78, 5) is 0.279. The largest absolute Gasteiger partial charge is 0.241 e.